The van der Waals surface area contributed by atoms with Crippen LogP contribution in [0.3, 0.4) is 0 Å². The molecule has 0 aromatic heterocycles. The van der Waals surface area contributed by atoms with E-state index in [9.17, 15) is 14.4 Å². The van der Waals surface area contributed by atoms with Gasteiger partial charge < -0.3 is 14.2 Å². The summed E-state index contributed by atoms with van der Waals surface area (Å²) in [4.78, 5) is 38.0. The molecule has 1 atom stereocenters. The Kier molecular flexibility index (Phi) is 51.5. The third kappa shape index (κ3) is 52.9. The van der Waals surface area contributed by atoms with Crippen molar-refractivity contribution in [3.8, 4) is 0 Å². The molecule has 0 aliphatic heterocycles. The molecule has 380 valence electrons. The number of carbonyl (C=O) groups is 3. The van der Waals surface area contributed by atoms with E-state index >= 15 is 0 Å². The van der Waals surface area contributed by atoms with E-state index in [1.54, 1.807) is 0 Å². The smallest absolute Gasteiger partial charge is 0.306 e. The van der Waals surface area contributed by atoms with Crippen molar-refractivity contribution in [3.63, 3.8) is 0 Å². The van der Waals surface area contributed by atoms with Gasteiger partial charge in [0.15, 0.2) is 6.10 Å². The van der Waals surface area contributed by atoms with Crippen LogP contribution < -0.4 is 0 Å². The fourth-order valence-electron chi connectivity index (χ4n) is 7.21. The molecule has 0 heterocycles. The van der Waals surface area contributed by atoms with E-state index in [1.165, 1.54) is 89.9 Å². The van der Waals surface area contributed by atoms with E-state index in [2.05, 4.69) is 118 Å². The van der Waals surface area contributed by atoms with Crippen molar-refractivity contribution in [1.82, 2.24) is 0 Å². The SMILES string of the molecule is CC/C=C\C/C=C\C/C=C\C/C=C\CCCCCCC(=O)OC(COC(=O)CC/C=C\C/C=C\C/C=C\C/C=C\CC)COC(=O)CCCCCCCCCCC/C=C\CCCCCCCC. The summed E-state index contributed by atoms with van der Waals surface area (Å²) in [7, 11) is 0. The van der Waals surface area contributed by atoms with Gasteiger partial charge in [0, 0.05) is 19.3 Å². The van der Waals surface area contributed by atoms with Gasteiger partial charge in [0.05, 0.1) is 0 Å². The first-order valence-electron chi connectivity index (χ1n) is 27.4. The predicted molar refractivity (Wildman–Crippen MR) is 288 cm³/mol. The molecule has 0 fully saturated rings. The van der Waals surface area contributed by atoms with Gasteiger partial charge in [-0.15, -0.1) is 0 Å². The van der Waals surface area contributed by atoms with Crippen molar-refractivity contribution in [2.24, 2.45) is 0 Å². The molecule has 0 saturated heterocycles. The lowest BCUT2D eigenvalue weighted by atomic mass is 10.1. The average molecular weight is 929 g/mol. The Balaban J connectivity index is 4.48. The third-order valence-corrected chi connectivity index (χ3v) is 11.3. The van der Waals surface area contributed by atoms with Gasteiger partial charge in [-0.1, -0.05) is 220 Å². The summed E-state index contributed by atoms with van der Waals surface area (Å²) < 4.78 is 16.7. The van der Waals surface area contributed by atoms with Crippen molar-refractivity contribution in [3.05, 3.63) is 109 Å². The summed E-state index contributed by atoms with van der Waals surface area (Å²) in [5, 5.41) is 0. The molecule has 0 aromatic rings. The second kappa shape index (κ2) is 54.7. The summed E-state index contributed by atoms with van der Waals surface area (Å²) in [5.41, 5.74) is 0. The number of carbonyl (C=O) groups excluding carboxylic acids is 3. The highest BCUT2D eigenvalue weighted by molar-refractivity contribution is 5.71. The topological polar surface area (TPSA) is 78.9 Å². The molecular weight excluding hydrogens is 829 g/mol. The minimum absolute atomic E-state index is 0.113. The Hall–Kier alpha value is -3.93. The zero-order valence-electron chi connectivity index (χ0n) is 43.4. The fourth-order valence-corrected chi connectivity index (χ4v) is 7.21. The van der Waals surface area contributed by atoms with Crippen molar-refractivity contribution in [2.45, 2.75) is 245 Å². The Morgan fingerprint density at radius 2 is 0.612 bits per heavy atom. The van der Waals surface area contributed by atoms with Crippen LogP contribution in [0.5, 0.6) is 0 Å². The molecule has 6 heteroatoms. The highest BCUT2D eigenvalue weighted by Gasteiger charge is 2.19. The maximum Gasteiger partial charge on any atom is 0.306 e. The minimum atomic E-state index is -0.822. The number of rotatable bonds is 48. The first-order chi connectivity index (χ1) is 33.0. The normalized spacial score (nSPS) is 12.9. The van der Waals surface area contributed by atoms with Crippen LogP contribution in [0, 0.1) is 0 Å². The zero-order chi connectivity index (χ0) is 48.6. The molecule has 67 heavy (non-hydrogen) atoms. The lowest BCUT2D eigenvalue weighted by Gasteiger charge is -2.18. The van der Waals surface area contributed by atoms with Crippen LogP contribution in [0.1, 0.15) is 239 Å². The van der Waals surface area contributed by atoms with Crippen LogP contribution in [0.15, 0.2) is 109 Å². The second-order valence-electron chi connectivity index (χ2n) is 17.7. The number of hydrogen-bond acceptors (Lipinski definition) is 6. The van der Waals surface area contributed by atoms with Gasteiger partial charge in [-0.25, -0.2) is 0 Å². The third-order valence-electron chi connectivity index (χ3n) is 11.3. The maximum atomic E-state index is 12.8. The molecule has 0 radical (unpaired) electrons. The van der Waals surface area contributed by atoms with Gasteiger partial charge in [-0.3, -0.25) is 14.4 Å². The number of ether oxygens (including phenoxy) is 3. The monoisotopic (exact) mass is 929 g/mol. The molecule has 0 N–H and O–H groups in total. The number of esters is 3. The molecule has 0 aromatic carbocycles. The molecule has 0 saturated carbocycles. The first kappa shape index (κ1) is 63.1. The van der Waals surface area contributed by atoms with E-state index in [0.717, 1.165) is 103 Å². The summed E-state index contributed by atoms with van der Waals surface area (Å²) >= 11 is 0. The average Bonchev–Trinajstić information content (AvgIpc) is 3.33. The molecule has 0 bridgehead atoms. The number of allylic oxidation sites excluding steroid dienone is 18. The molecule has 1 unspecified atom stereocenters. The molecule has 0 spiro atoms. The molecule has 0 rings (SSSR count). The van der Waals surface area contributed by atoms with Crippen LogP contribution in [0.2, 0.25) is 0 Å². The van der Waals surface area contributed by atoms with E-state index in [4.69, 9.17) is 14.2 Å². The Labute approximate surface area is 412 Å². The van der Waals surface area contributed by atoms with E-state index < -0.39 is 6.10 Å². The Bertz CT molecular complexity index is 1390. The summed E-state index contributed by atoms with van der Waals surface area (Å²) in [6.07, 6.45) is 73.8. The molecular formula is C61H100O6. The minimum Gasteiger partial charge on any atom is -0.462 e. The lowest BCUT2D eigenvalue weighted by Crippen LogP contribution is -2.30. The summed E-state index contributed by atoms with van der Waals surface area (Å²) in [5.74, 6) is -1.03. The van der Waals surface area contributed by atoms with Gasteiger partial charge in [0.25, 0.3) is 0 Å². The largest absolute Gasteiger partial charge is 0.462 e. The number of unbranched alkanes of at least 4 members (excludes halogenated alkanes) is 19. The van der Waals surface area contributed by atoms with Crippen LogP contribution in [-0.2, 0) is 28.6 Å². The highest BCUT2D eigenvalue weighted by Crippen LogP contribution is 2.14. The van der Waals surface area contributed by atoms with Gasteiger partial charge in [0.1, 0.15) is 13.2 Å². The molecule has 0 aliphatic rings. The van der Waals surface area contributed by atoms with Crippen molar-refractivity contribution < 1.29 is 28.6 Å². The lowest BCUT2D eigenvalue weighted by molar-refractivity contribution is -0.166. The summed E-state index contributed by atoms with van der Waals surface area (Å²) in [6.45, 7) is 6.32. The molecule has 6 nitrogen and oxygen atoms in total. The van der Waals surface area contributed by atoms with Crippen LogP contribution in [0.4, 0.5) is 0 Å². The van der Waals surface area contributed by atoms with E-state index in [0.29, 0.717) is 12.8 Å². The van der Waals surface area contributed by atoms with Gasteiger partial charge >= 0.3 is 17.9 Å². The van der Waals surface area contributed by atoms with Crippen LogP contribution in [0.25, 0.3) is 0 Å². The number of hydrogen-bond donors (Lipinski definition) is 0. The van der Waals surface area contributed by atoms with Gasteiger partial charge in [-0.05, 0) is 109 Å². The molecule has 0 amide bonds. The fraction of sp³-hybridized carbons (Fsp3) is 0.656. The highest BCUT2D eigenvalue weighted by atomic mass is 16.6. The predicted octanol–water partition coefficient (Wildman–Crippen LogP) is 18.3. The first-order valence-corrected chi connectivity index (χ1v) is 27.4. The van der Waals surface area contributed by atoms with Crippen LogP contribution >= 0.6 is 0 Å². The van der Waals surface area contributed by atoms with Gasteiger partial charge in [-0.2, -0.15) is 0 Å². The van der Waals surface area contributed by atoms with Crippen LogP contribution in [-0.4, -0.2) is 37.2 Å². The molecule has 0 aliphatic carbocycles. The van der Waals surface area contributed by atoms with E-state index in [1.807, 2.05) is 12.2 Å². The standard InChI is InChI=1S/C61H100O6/c1-4-7-10-13-16-19-22-25-27-29-30-32-33-36-39-42-45-48-51-54-60(63)66-57-58(56-65-59(62)53-50-47-44-41-38-35-24-21-18-15-12-9-6-3)67-61(64)55-52-49-46-43-40-37-34-31-28-26-23-20-17-14-11-8-5-2/h8-9,11-12,17-18,20-21,25-28,34-35,37-38,44,47,58H,4-7,10,13-16,19,22-24,29-33,36,39-43,45-46,48-57H2,1-3H3/b11-8-,12-9-,20-17-,21-18-,27-25-,28-26-,37-34-,38-35-,47-44-. The maximum absolute atomic E-state index is 12.8. The Morgan fingerprint density at radius 1 is 0.313 bits per heavy atom. The summed E-state index contributed by atoms with van der Waals surface area (Å²) in [6, 6.07) is 0. The van der Waals surface area contributed by atoms with Crippen molar-refractivity contribution in [1.29, 1.82) is 0 Å². The second-order valence-corrected chi connectivity index (χ2v) is 17.7. The zero-order valence-corrected chi connectivity index (χ0v) is 43.4. The van der Waals surface area contributed by atoms with Crippen molar-refractivity contribution in [2.75, 3.05) is 13.2 Å². The Morgan fingerprint density at radius 3 is 1.01 bits per heavy atom. The quantitative estimate of drug-likeness (QED) is 0.0262. The van der Waals surface area contributed by atoms with Crippen molar-refractivity contribution >= 4 is 17.9 Å². The van der Waals surface area contributed by atoms with E-state index in [-0.39, 0.29) is 44.0 Å². The van der Waals surface area contributed by atoms with Gasteiger partial charge in [0.2, 0.25) is 0 Å².